The number of sulfonamides is 1. The van der Waals surface area contributed by atoms with Gasteiger partial charge in [0.05, 0.1) is 10.9 Å². The molecule has 1 fully saturated rings. The second-order valence-electron chi connectivity index (χ2n) is 6.35. The van der Waals surface area contributed by atoms with Crippen molar-refractivity contribution in [2.24, 2.45) is 0 Å². The van der Waals surface area contributed by atoms with Crippen LogP contribution >= 0.6 is 12.4 Å². The third-order valence-corrected chi connectivity index (χ3v) is 6.65. The molecule has 1 aromatic heterocycles. The smallest absolute Gasteiger partial charge is 0.244 e. The molecule has 2 aromatic rings. The fraction of sp³-hybridized carbons (Fsp3) is 0.389. The van der Waals surface area contributed by atoms with Gasteiger partial charge in [-0.05, 0) is 43.5 Å². The monoisotopic (exact) mass is 381 g/mol. The quantitative estimate of drug-likeness (QED) is 0.888. The normalized spacial score (nSPS) is 18.6. The minimum atomic E-state index is -3.57. The molecular formula is C18H24ClN3O2S. The number of piperazine rings is 1. The van der Waals surface area contributed by atoms with Gasteiger partial charge in [0, 0.05) is 32.0 Å². The van der Waals surface area contributed by atoms with Crippen LogP contribution in [0.25, 0.3) is 0 Å². The Balaban J connectivity index is 0.00000225. The van der Waals surface area contributed by atoms with Crippen LogP contribution in [0.4, 0.5) is 0 Å². The molecule has 136 valence electrons. The Hall–Kier alpha value is -1.47. The fourth-order valence-corrected chi connectivity index (χ4v) is 5.55. The maximum Gasteiger partial charge on any atom is 0.244 e. The van der Waals surface area contributed by atoms with Crippen molar-refractivity contribution in [2.75, 3.05) is 19.6 Å². The van der Waals surface area contributed by atoms with Crippen LogP contribution in [0.1, 0.15) is 28.3 Å². The molecule has 3 rings (SSSR count). The maximum atomic E-state index is 13.4. The van der Waals surface area contributed by atoms with Gasteiger partial charge in [-0.15, -0.1) is 12.4 Å². The van der Waals surface area contributed by atoms with E-state index < -0.39 is 10.0 Å². The number of halogens is 1. The first-order valence-electron chi connectivity index (χ1n) is 8.11. The van der Waals surface area contributed by atoms with Crippen molar-refractivity contribution < 1.29 is 8.42 Å². The first-order chi connectivity index (χ1) is 11.4. The molecule has 7 heteroatoms. The summed E-state index contributed by atoms with van der Waals surface area (Å²) in [5.41, 5.74) is 3.59. The summed E-state index contributed by atoms with van der Waals surface area (Å²) < 4.78 is 28.4. The lowest BCUT2D eigenvalue weighted by Gasteiger charge is -2.36. The summed E-state index contributed by atoms with van der Waals surface area (Å²) in [6.07, 6.45) is 3.45. The van der Waals surface area contributed by atoms with E-state index in [1.807, 2.05) is 45.0 Å². The molecule has 0 radical (unpaired) electrons. The predicted octanol–water partition coefficient (Wildman–Crippen LogP) is 2.76. The average Bonchev–Trinajstić information content (AvgIpc) is 2.54. The molecule has 1 aliphatic rings. The lowest BCUT2D eigenvalue weighted by atomic mass is 10.1. The van der Waals surface area contributed by atoms with Crippen LogP contribution in [0.3, 0.4) is 0 Å². The first-order valence-corrected chi connectivity index (χ1v) is 9.55. The van der Waals surface area contributed by atoms with E-state index in [0.717, 1.165) is 22.3 Å². The minimum absolute atomic E-state index is 0. The molecule has 0 aliphatic carbocycles. The van der Waals surface area contributed by atoms with Gasteiger partial charge in [0.1, 0.15) is 0 Å². The van der Waals surface area contributed by atoms with Gasteiger partial charge in [-0.1, -0.05) is 23.8 Å². The van der Waals surface area contributed by atoms with Crippen LogP contribution in [0.15, 0.2) is 41.6 Å². The molecule has 0 spiro atoms. The Kier molecular flexibility index (Phi) is 6.21. The van der Waals surface area contributed by atoms with Crippen LogP contribution in [-0.4, -0.2) is 37.3 Å². The zero-order valence-electron chi connectivity index (χ0n) is 14.7. The van der Waals surface area contributed by atoms with Crippen LogP contribution in [0.2, 0.25) is 0 Å². The van der Waals surface area contributed by atoms with Gasteiger partial charge < -0.3 is 5.32 Å². The highest BCUT2D eigenvalue weighted by Gasteiger charge is 2.36. The van der Waals surface area contributed by atoms with Crippen molar-refractivity contribution in [3.05, 3.63) is 58.9 Å². The fourth-order valence-electron chi connectivity index (χ4n) is 3.52. The minimum Gasteiger partial charge on any atom is -0.313 e. The molecule has 2 heterocycles. The van der Waals surface area contributed by atoms with Crippen LogP contribution < -0.4 is 5.32 Å². The highest BCUT2D eigenvalue weighted by atomic mass is 35.5. The number of hydrogen-bond donors (Lipinski definition) is 1. The Morgan fingerprint density at radius 3 is 2.48 bits per heavy atom. The third kappa shape index (κ3) is 3.87. The number of pyridine rings is 1. The van der Waals surface area contributed by atoms with Gasteiger partial charge in [0.25, 0.3) is 0 Å². The summed E-state index contributed by atoms with van der Waals surface area (Å²) >= 11 is 0. The summed E-state index contributed by atoms with van der Waals surface area (Å²) in [5, 5.41) is 3.29. The topological polar surface area (TPSA) is 62.3 Å². The molecule has 1 aromatic carbocycles. The summed E-state index contributed by atoms with van der Waals surface area (Å²) in [6, 6.07) is 7.40. The summed E-state index contributed by atoms with van der Waals surface area (Å²) in [4.78, 5) is 4.58. The molecule has 1 unspecified atom stereocenters. The van der Waals surface area contributed by atoms with Crippen LogP contribution in [-0.2, 0) is 10.0 Å². The van der Waals surface area contributed by atoms with E-state index in [1.165, 1.54) is 0 Å². The van der Waals surface area contributed by atoms with Crippen molar-refractivity contribution in [1.82, 2.24) is 14.6 Å². The summed E-state index contributed by atoms with van der Waals surface area (Å²) in [6.45, 7) is 7.42. The SMILES string of the molecule is Cc1cc(C)c(S(=O)(=O)N2CCNCC2c2cccnc2)c(C)c1.Cl. The third-order valence-electron chi connectivity index (χ3n) is 4.43. The van der Waals surface area contributed by atoms with E-state index in [0.29, 0.717) is 24.5 Å². The number of nitrogens with zero attached hydrogens (tertiary/aromatic N) is 2. The molecule has 5 nitrogen and oxygen atoms in total. The highest BCUT2D eigenvalue weighted by Crippen LogP contribution is 2.32. The average molecular weight is 382 g/mol. The van der Waals surface area contributed by atoms with Gasteiger partial charge in [-0.2, -0.15) is 4.31 Å². The highest BCUT2D eigenvalue weighted by molar-refractivity contribution is 7.89. The maximum absolute atomic E-state index is 13.4. The van der Waals surface area contributed by atoms with E-state index in [4.69, 9.17) is 0 Å². The van der Waals surface area contributed by atoms with Gasteiger partial charge in [0.15, 0.2) is 0 Å². The standard InChI is InChI=1S/C18H23N3O2S.ClH/c1-13-9-14(2)18(15(3)10-13)24(22,23)21-8-7-20-12-17(21)16-5-4-6-19-11-16;/h4-6,9-11,17,20H,7-8,12H2,1-3H3;1H. The Morgan fingerprint density at radius 2 is 1.88 bits per heavy atom. The molecule has 1 atom stereocenters. The first kappa shape index (κ1) is 19.8. The summed E-state index contributed by atoms with van der Waals surface area (Å²) in [7, 11) is -3.57. The number of nitrogens with one attached hydrogen (secondary N) is 1. The zero-order chi connectivity index (χ0) is 17.3. The van der Waals surface area contributed by atoms with E-state index in [1.54, 1.807) is 16.7 Å². The zero-order valence-corrected chi connectivity index (χ0v) is 16.3. The largest absolute Gasteiger partial charge is 0.313 e. The van der Waals surface area contributed by atoms with E-state index in [-0.39, 0.29) is 18.4 Å². The molecule has 1 N–H and O–H groups in total. The second-order valence-corrected chi connectivity index (χ2v) is 8.18. The van der Waals surface area contributed by atoms with Crippen LogP contribution in [0.5, 0.6) is 0 Å². The molecule has 0 amide bonds. The predicted molar refractivity (Wildman–Crippen MR) is 102 cm³/mol. The van der Waals surface area contributed by atoms with E-state index in [9.17, 15) is 8.42 Å². The molecule has 1 aliphatic heterocycles. The molecule has 25 heavy (non-hydrogen) atoms. The lowest BCUT2D eigenvalue weighted by molar-refractivity contribution is 0.271. The second kappa shape index (κ2) is 7.83. The van der Waals surface area contributed by atoms with E-state index >= 15 is 0 Å². The Labute approximate surface area is 155 Å². The summed E-state index contributed by atoms with van der Waals surface area (Å²) in [5.74, 6) is 0. The van der Waals surface area contributed by atoms with Crippen molar-refractivity contribution in [3.8, 4) is 0 Å². The number of aromatic nitrogens is 1. The number of hydrogen-bond acceptors (Lipinski definition) is 4. The molecule has 1 saturated heterocycles. The Morgan fingerprint density at radius 1 is 1.20 bits per heavy atom. The molecule has 0 bridgehead atoms. The molecule has 0 saturated carbocycles. The van der Waals surface area contributed by atoms with Gasteiger partial charge in [-0.3, -0.25) is 4.98 Å². The Bertz CT molecular complexity index is 818. The molecular weight excluding hydrogens is 358 g/mol. The van der Waals surface area contributed by atoms with Gasteiger partial charge in [-0.25, -0.2) is 8.42 Å². The van der Waals surface area contributed by atoms with E-state index in [2.05, 4.69) is 10.3 Å². The van der Waals surface area contributed by atoms with Crippen LogP contribution in [0, 0.1) is 20.8 Å². The number of rotatable bonds is 3. The lowest BCUT2D eigenvalue weighted by Crippen LogP contribution is -2.48. The number of aryl methyl sites for hydroxylation is 3. The number of benzene rings is 1. The van der Waals surface area contributed by atoms with Gasteiger partial charge >= 0.3 is 0 Å². The van der Waals surface area contributed by atoms with Crippen molar-refractivity contribution in [1.29, 1.82) is 0 Å². The van der Waals surface area contributed by atoms with Crippen molar-refractivity contribution in [3.63, 3.8) is 0 Å². The van der Waals surface area contributed by atoms with Crippen molar-refractivity contribution in [2.45, 2.75) is 31.7 Å². The van der Waals surface area contributed by atoms with Crippen molar-refractivity contribution >= 4 is 22.4 Å². The van der Waals surface area contributed by atoms with Gasteiger partial charge in [0.2, 0.25) is 10.0 Å².